The summed E-state index contributed by atoms with van der Waals surface area (Å²) < 4.78 is 7.74. The van der Waals surface area contributed by atoms with Gasteiger partial charge >= 0.3 is 0 Å². The van der Waals surface area contributed by atoms with E-state index < -0.39 is 0 Å². The lowest BCUT2D eigenvalue weighted by Gasteiger charge is -2.11. The number of benzene rings is 1. The lowest BCUT2D eigenvalue weighted by molar-refractivity contribution is 0.127. The molecule has 0 radical (unpaired) electrons. The minimum atomic E-state index is -0.323. The molecule has 1 aromatic carbocycles. The standard InChI is InChI=1S/C30H47N5O2/c1-2-3-4-5-6-7-8-9-10-11-12-13-14-17-22-37-23-18-20-25-19-15-16-21-26(25)35-24-32-27-28(35)33-30(31)34-29(27)36/h15-16,19,21,24H,2-14,17-18,20,22-23H2,1H3,(H3,31,33,34,36). The van der Waals surface area contributed by atoms with Gasteiger partial charge in [-0.25, -0.2) is 4.98 Å². The molecule has 0 spiro atoms. The maximum absolute atomic E-state index is 12.1. The van der Waals surface area contributed by atoms with Crippen molar-refractivity contribution in [2.24, 2.45) is 0 Å². The van der Waals surface area contributed by atoms with E-state index in [1.807, 2.05) is 22.8 Å². The summed E-state index contributed by atoms with van der Waals surface area (Å²) >= 11 is 0. The highest BCUT2D eigenvalue weighted by atomic mass is 16.5. The summed E-state index contributed by atoms with van der Waals surface area (Å²) in [5.74, 6) is 0.0913. The van der Waals surface area contributed by atoms with E-state index >= 15 is 0 Å². The van der Waals surface area contributed by atoms with Crippen molar-refractivity contribution in [1.82, 2.24) is 19.5 Å². The van der Waals surface area contributed by atoms with Gasteiger partial charge in [-0.15, -0.1) is 0 Å². The Balaban J connectivity index is 1.23. The molecule has 7 nitrogen and oxygen atoms in total. The van der Waals surface area contributed by atoms with Gasteiger partial charge in [0.15, 0.2) is 11.2 Å². The van der Waals surface area contributed by atoms with E-state index in [9.17, 15) is 4.79 Å². The monoisotopic (exact) mass is 509 g/mol. The van der Waals surface area contributed by atoms with Gasteiger partial charge in [0, 0.05) is 13.2 Å². The molecule has 0 saturated heterocycles. The van der Waals surface area contributed by atoms with Gasteiger partial charge in [-0.1, -0.05) is 109 Å². The van der Waals surface area contributed by atoms with Gasteiger partial charge in [-0.3, -0.25) is 14.3 Å². The molecule has 3 aromatic rings. The van der Waals surface area contributed by atoms with Crippen LogP contribution in [0.3, 0.4) is 0 Å². The highest BCUT2D eigenvalue weighted by Crippen LogP contribution is 2.20. The number of aromatic amines is 1. The molecular weight excluding hydrogens is 462 g/mol. The second-order valence-corrected chi connectivity index (χ2v) is 10.2. The number of unbranched alkanes of at least 4 members (excludes halogenated alkanes) is 13. The number of hydrogen-bond acceptors (Lipinski definition) is 5. The summed E-state index contributed by atoms with van der Waals surface area (Å²) in [6.07, 6.45) is 22.7. The Labute approximate surface area is 222 Å². The van der Waals surface area contributed by atoms with E-state index in [4.69, 9.17) is 10.5 Å². The van der Waals surface area contributed by atoms with Crippen molar-refractivity contribution in [3.05, 3.63) is 46.5 Å². The first-order chi connectivity index (χ1) is 18.2. The summed E-state index contributed by atoms with van der Waals surface area (Å²) in [7, 11) is 0. The van der Waals surface area contributed by atoms with Crippen LogP contribution < -0.4 is 11.3 Å². The van der Waals surface area contributed by atoms with Crippen LogP contribution in [0.4, 0.5) is 5.95 Å². The molecule has 37 heavy (non-hydrogen) atoms. The zero-order valence-electron chi connectivity index (χ0n) is 22.9. The molecule has 0 aliphatic carbocycles. The summed E-state index contributed by atoms with van der Waals surface area (Å²) in [5, 5.41) is 0. The molecule has 0 fully saturated rings. The van der Waals surface area contributed by atoms with E-state index in [0.717, 1.165) is 38.2 Å². The quantitative estimate of drug-likeness (QED) is 0.158. The fraction of sp³-hybridized carbons (Fsp3) is 0.633. The highest BCUT2D eigenvalue weighted by molar-refractivity contribution is 5.73. The Hall–Kier alpha value is -2.67. The molecule has 0 aliphatic heterocycles. The number of anilines is 1. The number of ether oxygens (including phenoxy) is 1. The minimum absolute atomic E-state index is 0.0913. The van der Waals surface area contributed by atoms with Crippen molar-refractivity contribution in [3.63, 3.8) is 0 Å². The summed E-state index contributed by atoms with van der Waals surface area (Å²) in [6.45, 7) is 3.88. The number of nitrogens with two attached hydrogens (primary N) is 1. The number of aromatic nitrogens is 4. The van der Waals surface area contributed by atoms with Gasteiger partial charge < -0.3 is 10.5 Å². The number of fused-ring (bicyclic) bond motifs is 1. The van der Waals surface area contributed by atoms with Crippen LogP contribution in [-0.2, 0) is 11.2 Å². The van der Waals surface area contributed by atoms with E-state index in [0.29, 0.717) is 11.2 Å². The smallest absolute Gasteiger partial charge is 0.280 e. The van der Waals surface area contributed by atoms with Crippen LogP contribution in [-0.4, -0.2) is 32.7 Å². The number of nitrogen functional groups attached to an aromatic ring is 1. The molecule has 0 unspecified atom stereocenters. The molecule has 0 saturated carbocycles. The van der Waals surface area contributed by atoms with Crippen LogP contribution in [0.1, 0.15) is 109 Å². The third-order valence-electron chi connectivity index (χ3n) is 7.05. The third kappa shape index (κ3) is 9.95. The molecule has 0 bridgehead atoms. The summed E-state index contributed by atoms with van der Waals surface area (Å²) in [6, 6.07) is 8.13. The number of aryl methyl sites for hydroxylation is 1. The Morgan fingerprint density at radius 2 is 1.43 bits per heavy atom. The fourth-order valence-electron chi connectivity index (χ4n) is 4.93. The van der Waals surface area contributed by atoms with Gasteiger partial charge in [-0.2, -0.15) is 4.98 Å². The van der Waals surface area contributed by atoms with Crippen LogP contribution in [0.5, 0.6) is 0 Å². The predicted octanol–water partition coefficient (Wildman–Crippen LogP) is 7.12. The topological polar surface area (TPSA) is 98.8 Å². The van der Waals surface area contributed by atoms with E-state index in [2.05, 4.69) is 27.9 Å². The van der Waals surface area contributed by atoms with Gasteiger partial charge in [-0.05, 0) is 30.9 Å². The first-order valence-corrected chi connectivity index (χ1v) is 14.6. The average Bonchev–Trinajstić information content (AvgIpc) is 3.32. The maximum Gasteiger partial charge on any atom is 0.280 e. The molecule has 2 aromatic heterocycles. The van der Waals surface area contributed by atoms with Crippen LogP contribution >= 0.6 is 0 Å². The van der Waals surface area contributed by atoms with Gasteiger partial charge in [0.2, 0.25) is 5.95 Å². The second kappa shape index (κ2) is 17.0. The molecule has 204 valence electrons. The van der Waals surface area contributed by atoms with E-state index in [1.165, 1.54) is 89.0 Å². The van der Waals surface area contributed by atoms with E-state index in [1.54, 1.807) is 6.33 Å². The van der Waals surface area contributed by atoms with Gasteiger partial charge in [0.25, 0.3) is 5.56 Å². The van der Waals surface area contributed by atoms with Crippen LogP contribution in [0.15, 0.2) is 35.4 Å². The molecule has 2 heterocycles. The Morgan fingerprint density at radius 3 is 2.11 bits per heavy atom. The zero-order valence-corrected chi connectivity index (χ0v) is 22.9. The number of rotatable bonds is 20. The number of para-hydroxylation sites is 1. The van der Waals surface area contributed by atoms with Gasteiger partial charge in [0.05, 0.1) is 5.69 Å². The van der Waals surface area contributed by atoms with Crippen molar-refractivity contribution >= 4 is 17.1 Å². The number of nitrogens with one attached hydrogen (secondary N) is 1. The van der Waals surface area contributed by atoms with Crippen LogP contribution in [0.2, 0.25) is 0 Å². The van der Waals surface area contributed by atoms with Crippen LogP contribution in [0, 0.1) is 0 Å². The minimum Gasteiger partial charge on any atom is -0.381 e. The first kappa shape index (κ1) is 28.9. The fourth-order valence-corrected chi connectivity index (χ4v) is 4.93. The van der Waals surface area contributed by atoms with Crippen molar-refractivity contribution in [3.8, 4) is 5.69 Å². The van der Waals surface area contributed by atoms with Crippen molar-refractivity contribution in [2.75, 3.05) is 18.9 Å². The lowest BCUT2D eigenvalue weighted by atomic mass is 10.0. The van der Waals surface area contributed by atoms with Gasteiger partial charge in [0.1, 0.15) is 6.33 Å². The Morgan fingerprint density at radius 1 is 0.838 bits per heavy atom. The molecule has 7 heteroatoms. The number of nitrogens with zero attached hydrogens (tertiary/aromatic N) is 3. The SMILES string of the molecule is CCCCCCCCCCCCCCCCOCCCc1ccccc1-n1cnc2c(=O)[nH]c(N)nc21. The number of hydrogen-bond donors (Lipinski definition) is 2. The maximum atomic E-state index is 12.1. The predicted molar refractivity (Wildman–Crippen MR) is 153 cm³/mol. The highest BCUT2D eigenvalue weighted by Gasteiger charge is 2.13. The van der Waals surface area contributed by atoms with E-state index in [-0.39, 0.29) is 11.5 Å². The summed E-state index contributed by atoms with van der Waals surface area (Å²) in [5.41, 5.74) is 8.33. The molecule has 3 rings (SSSR count). The summed E-state index contributed by atoms with van der Waals surface area (Å²) in [4.78, 5) is 23.1. The molecule has 0 atom stereocenters. The average molecular weight is 510 g/mol. The Kier molecular flexibility index (Phi) is 13.2. The lowest BCUT2D eigenvalue weighted by Crippen LogP contribution is -2.12. The zero-order chi connectivity index (χ0) is 26.1. The largest absolute Gasteiger partial charge is 0.381 e. The van der Waals surface area contributed by atoms with Crippen molar-refractivity contribution < 1.29 is 4.74 Å². The molecule has 3 N–H and O–H groups in total. The van der Waals surface area contributed by atoms with Crippen LogP contribution in [0.25, 0.3) is 16.9 Å². The third-order valence-corrected chi connectivity index (χ3v) is 7.05. The van der Waals surface area contributed by atoms with Crippen molar-refractivity contribution in [1.29, 1.82) is 0 Å². The molecule has 0 aliphatic rings. The first-order valence-electron chi connectivity index (χ1n) is 14.6. The molecule has 0 amide bonds. The Bertz CT molecular complexity index is 1090. The number of H-pyrrole nitrogens is 1. The normalized spacial score (nSPS) is 11.5. The van der Waals surface area contributed by atoms with Crippen molar-refractivity contribution in [2.45, 2.75) is 110 Å². The second-order valence-electron chi connectivity index (χ2n) is 10.2. The molecular formula is C30H47N5O2. The number of imidazole rings is 1.